The number of aromatic nitrogens is 1. The predicted octanol–water partition coefficient (Wildman–Crippen LogP) is 3.44. The van der Waals surface area contributed by atoms with Crippen LogP contribution < -0.4 is 14.8 Å². The minimum absolute atomic E-state index is 0.0646. The molecule has 156 valence electrons. The molecule has 0 atom stereocenters. The summed E-state index contributed by atoms with van der Waals surface area (Å²) < 4.78 is 11.5. The number of pyridine rings is 1. The number of aldehydes is 1. The molecule has 1 N–H and O–H groups in total. The summed E-state index contributed by atoms with van der Waals surface area (Å²) >= 11 is 0. The highest BCUT2D eigenvalue weighted by Gasteiger charge is 2.19. The second-order valence-corrected chi connectivity index (χ2v) is 6.13. The Hall–Kier alpha value is -3.46. The Labute approximate surface area is 170 Å². The molecule has 0 spiro atoms. The van der Waals surface area contributed by atoms with Crippen molar-refractivity contribution in [3.05, 3.63) is 58.8 Å². The van der Waals surface area contributed by atoms with Crippen LogP contribution in [0.25, 0.3) is 0 Å². The highest BCUT2D eigenvalue weighted by molar-refractivity contribution is 5.63. The largest absolute Gasteiger partial charge is 0.488 e. The van der Waals surface area contributed by atoms with Crippen LogP contribution >= 0.6 is 0 Å². The van der Waals surface area contributed by atoms with Crippen molar-refractivity contribution in [1.82, 2.24) is 9.88 Å². The molecule has 1 aromatic heterocycles. The lowest BCUT2D eigenvalue weighted by Gasteiger charge is -2.15. The fourth-order valence-corrected chi connectivity index (χ4v) is 2.05. The number of carbonyl (C=O) groups is 1. The molecule has 9 heteroatoms. The molecule has 0 saturated carbocycles. The van der Waals surface area contributed by atoms with Crippen molar-refractivity contribution in [2.24, 2.45) is 0 Å². The maximum Gasteiger partial charge on any atom is 0.331 e. The van der Waals surface area contributed by atoms with Crippen molar-refractivity contribution in [2.45, 2.75) is 6.92 Å². The minimum atomic E-state index is -0.510. The second-order valence-electron chi connectivity index (χ2n) is 6.13. The normalized spacial score (nSPS) is 9.83. The molecule has 0 saturated heterocycles. The Balaban J connectivity index is 0.000000960. The van der Waals surface area contributed by atoms with Gasteiger partial charge >= 0.3 is 5.69 Å². The van der Waals surface area contributed by atoms with Gasteiger partial charge in [-0.1, -0.05) is 6.58 Å². The van der Waals surface area contributed by atoms with Crippen LogP contribution in [0.4, 0.5) is 11.4 Å². The number of rotatable bonds is 9. The van der Waals surface area contributed by atoms with Crippen molar-refractivity contribution in [1.29, 1.82) is 0 Å². The van der Waals surface area contributed by atoms with Gasteiger partial charge in [0.05, 0.1) is 4.92 Å². The number of hydrogen-bond donors (Lipinski definition) is 1. The van der Waals surface area contributed by atoms with Gasteiger partial charge in [0.25, 0.3) is 5.88 Å². The highest BCUT2D eigenvalue weighted by atomic mass is 16.6. The van der Waals surface area contributed by atoms with Crippen LogP contribution in [0, 0.1) is 17.0 Å². The van der Waals surface area contributed by atoms with Gasteiger partial charge in [0.15, 0.2) is 11.5 Å². The molecular formula is C20H26N4O5. The molecule has 0 aliphatic heterocycles. The first-order chi connectivity index (χ1) is 13.8. The van der Waals surface area contributed by atoms with Crippen LogP contribution in [-0.2, 0) is 4.79 Å². The van der Waals surface area contributed by atoms with Gasteiger partial charge in [0.2, 0.25) is 0 Å². The van der Waals surface area contributed by atoms with E-state index in [-0.39, 0.29) is 11.6 Å². The van der Waals surface area contributed by atoms with Crippen LogP contribution in [0.3, 0.4) is 0 Å². The molecule has 9 nitrogen and oxygen atoms in total. The van der Waals surface area contributed by atoms with E-state index in [9.17, 15) is 10.1 Å². The summed E-state index contributed by atoms with van der Waals surface area (Å²) in [6.07, 6.45) is 3.36. The number of nitro groups is 1. The quantitative estimate of drug-likeness (QED) is 0.294. The lowest BCUT2D eigenvalue weighted by Crippen LogP contribution is -2.19. The molecule has 0 aliphatic carbocycles. The zero-order chi connectivity index (χ0) is 21.8. The molecule has 1 heterocycles. The lowest BCUT2D eigenvalue weighted by molar-refractivity contribution is -0.386. The lowest BCUT2D eigenvalue weighted by atomic mass is 10.2. The number of likely N-dealkylation sites (N-methyl/N-ethyl adjacent to an activating group) is 1. The monoisotopic (exact) mass is 402 g/mol. The number of anilines is 1. The van der Waals surface area contributed by atoms with Crippen LogP contribution in [0.15, 0.2) is 43.1 Å². The van der Waals surface area contributed by atoms with Gasteiger partial charge in [-0.2, -0.15) is 0 Å². The number of ether oxygens (including phenoxy) is 2. The smallest absolute Gasteiger partial charge is 0.331 e. The third kappa shape index (κ3) is 7.97. The number of carbonyl (C=O) groups excluding carboxylic acids is 1. The molecule has 29 heavy (non-hydrogen) atoms. The van der Waals surface area contributed by atoms with Crippen LogP contribution in [0.2, 0.25) is 0 Å². The van der Waals surface area contributed by atoms with Gasteiger partial charge in [-0.3, -0.25) is 14.9 Å². The van der Waals surface area contributed by atoms with Crippen molar-refractivity contribution >= 4 is 17.7 Å². The molecular weight excluding hydrogens is 376 g/mol. The summed E-state index contributed by atoms with van der Waals surface area (Å²) in [5.74, 6) is 0.799. The zero-order valence-electron chi connectivity index (χ0n) is 17.0. The summed E-state index contributed by atoms with van der Waals surface area (Å²) in [7, 11) is 5.70. The Morgan fingerprint density at radius 1 is 1.31 bits per heavy atom. The molecule has 0 radical (unpaired) electrons. The van der Waals surface area contributed by atoms with Crippen LogP contribution in [-0.4, -0.2) is 55.4 Å². The summed E-state index contributed by atoms with van der Waals surface area (Å²) in [5.41, 5.74) is 1.35. The van der Waals surface area contributed by atoms with Crippen molar-refractivity contribution in [3.8, 4) is 17.4 Å². The summed E-state index contributed by atoms with van der Waals surface area (Å²) in [6, 6.07) is 6.71. The number of benzene rings is 1. The van der Waals surface area contributed by atoms with E-state index in [4.69, 9.17) is 14.3 Å². The molecule has 0 aliphatic rings. The third-order valence-corrected chi connectivity index (χ3v) is 3.50. The molecule has 2 aromatic rings. The molecule has 0 unspecified atom stereocenters. The number of nitrogens with one attached hydrogen (secondary N) is 1. The number of hydrogen-bond acceptors (Lipinski definition) is 8. The molecule has 2 rings (SSSR count). The van der Waals surface area contributed by atoms with E-state index in [1.807, 2.05) is 19.0 Å². The van der Waals surface area contributed by atoms with E-state index in [0.717, 1.165) is 12.2 Å². The standard InChI is InChI=1S/C17H22N4O4.C3H4O/c1-12-9-14(21(22)23)17(19-11-12)25-15-6-5-13(18-2)10-16(15)24-8-7-20(3)4;1-2-3-4/h5-6,9-11,18H,7-8H2,1-4H3;2-3H,1H2. The highest BCUT2D eigenvalue weighted by Crippen LogP contribution is 2.36. The van der Waals surface area contributed by atoms with Gasteiger partial charge in [0.1, 0.15) is 12.9 Å². The van der Waals surface area contributed by atoms with E-state index in [1.165, 1.54) is 18.3 Å². The molecule has 0 bridgehead atoms. The van der Waals surface area contributed by atoms with Crippen LogP contribution in [0.1, 0.15) is 5.56 Å². The Kier molecular flexibility index (Phi) is 9.83. The summed E-state index contributed by atoms with van der Waals surface area (Å²) in [4.78, 5) is 25.8. The van der Waals surface area contributed by atoms with Crippen molar-refractivity contribution in [3.63, 3.8) is 0 Å². The topological polar surface area (TPSA) is 107 Å². The maximum atomic E-state index is 11.2. The van der Waals surface area contributed by atoms with E-state index in [2.05, 4.69) is 16.9 Å². The number of nitrogens with zero attached hydrogens (tertiary/aromatic N) is 3. The molecule has 0 amide bonds. The first-order valence-corrected chi connectivity index (χ1v) is 8.76. The predicted molar refractivity (Wildman–Crippen MR) is 112 cm³/mol. The van der Waals surface area contributed by atoms with Crippen molar-refractivity contribution in [2.75, 3.05) is 39.6 Å². The van der Waals surface area contributed by atoms with Crippen LogP contribution in [0.5, 0.6) is 17.4 Å². The Morgan fingerprint density at radius 3 is 2.55 bits per heavy atom. The summed E-state index contributed by atoms with van der Waals surface area (Å²) in [6.45, 7) is 6.04. The number of allylic oxidation sites excluding steroid dienone is 1. The SMILES string of the molecule is C=CC=O.CNc1ccc(Oc2ncc(C)cc2[N+](=O)[O-])c(OCCN(C)C)c1. The average molecular weight is 402 g/mol. The first kappa shape index (κ1) is 23.6. The Bertz CT molecular complexity index is 834. The van der Waals surface area contributed by atoms with E-state index >= 15 is 0 Å². The third-order valence-electron chi connectivity index (χ3n) is 3.50. The Morgan fingerprint density at radius 2 is 2.00 bits per heavy atom. The van der Waals surface area contributed by atoms with Gasteiger partial charge in [-0.25, -0.2) is 4.98 Å². The van der Waals surface area contributed by atoms with E-state index < -0.39 is 4.92 Å². The first-order valence-electron chi connectivity index (χ1n) is 8.76. The second kappa shape index (κ2) is 12.1. The fraction of sp³-hybridized carbons (Fsp3) is 0.300. The van der Waals surface area contributed by atoms with E-state index in [0.29, 0.717) is 30.0 Å². The zero-order valence-corrected chi connectivity index (χ0v) is 17.0. The minimum Gasteiger partial charge on any atom is -0.488 e. The number of aryl methyl sites for hydroxylation is 1. The summed E-state index contributed by atoms with van der Waals surface area (Å²) in [5, 5.41) is 14.3. The van der Waals surface area contributed by atoms with Gasteiger partial charge in [-0.05, 0) is 44.8 Å². The van der Waals surface area contributed by atoms with Gasteiger partial charge in [0, 0.05) is 37.6 Å². The molecule has 0 fully saturated rings. The van der Waals surface area contributed by atoms with E-state index in [1.54, 1.807) is 32.2 Å². The van der Waals surface area contributed by atoms with Crippen molar-refractivity contribution < 1.29 is 19.2 Å². The fourth-order valence-electron chi connectivity index (χ4n) is 2.05. The molecule has 1 aromatic carbocycles. The van der Waals surface area contributed by atoms with Gasteiger partial charge in [-0.15, -0.1) is 0 Å². The average Bonchev–Trinajstić information content (AvgIpc) is 2.70. The van der Waals surface area contributed by atoms with Gasteiger partial charge < -0.3 is 19.7 Å². The maximum absolute atomic E-state index is 11.2.